The quantitative estimate of drug-likeness (QED) is 0.631. The highest BCUT2D eigenvalue weighted by atomic mass is 19.1. The number of piperazine rings is 1. The van der Waals surface area contributed by atoms with Crippen molar-refractivity contribution in [2.24, 2.45) is 0 Å². The van der Waals surface area contributed by atoms with Crippen LogP contribution in [0.2, 0.25) is 0 Å². The molecule has 8 heteroatoms. The third-order valence-electron chi connectivity index (χ3n) is 6.24. The van der Waals surface area contributed by atoms with Crippen molar-refractivity contribution in [3.05, 3.63) is 60.4 Å². The monoisotopic (exact) mass is 408 g/mol. The molecule has 3 aromatic heterocycles. The SMILES string of the molecule is O=C(CNCCc1cccn2nccc12)N1CC2CCC(C1)N2c1ccncc1F. The fraction of sp³-hybridized carbons (Fsp3) is 0.409. The van der Waals surface area contributed by atoms with Crippen molar-refractivity contribution >= 4 is 17.1 Å². The number of halogens is 1. The highest BCUT2D eigenvalue weighted by Gasteiger charge is 2.42. The van der Waals surface area contributed by atoms with Gasteiger partial charge >= 0.3 is 0 Å². The minimum Gasteiger partial charge on any atom is -0.360 e. The third-order valence-corrected chi connectivity index (χ3v) is 6.24. The van der Waals surface area contributed by atoms with Crippen LogP contribution in [0, 0.1) is 5.82 Å². The number of rotatable bonds is 6. The Labute approximate surface area is 174 Å². The lowest BCUT2D eigenvalue weighted by atomic mass is 10.1. The van der Waals surface area contributed by atoms with Crippen LogP contribution in [0.5, 0.6) is 0 Å². The van der Waals surface area contributed by atoms with Crippen LogP contribution in [-0.2, 0) is 11.2 Å². The Morgan fingerprint density at radius 2 is 2.00 bits per heavy atom. The van der Waals surface area contributed by atoms with Gasteiger partial charge in [-0.15, -0.1) is 0 Å². The first kappa shape index (κ1) is 19.0. The maximum atomic E-state index is 14.2. The number of pyridine rings is 2. The number of nitrogens with one attached hydrogen (secondary N) is 1. The predicted molar refractivity (Wildman–Crippen MR) is 112 cm³/mol. The van der Waals surface area contributed by atoms with E-state index in [1.165, 1.54) is 11.8 Å². The number of aromatic nitrogens is 3. The van der Waals surface area contributed by atoms with Gasteiger partial charge in [0.25, 0.3) is 0 Å². The number of likely N-dealkylation sites (tertiary alicyclic amines) is 1. The molecule has 2 fully saturated rings. The van der Waals surface area contributed by atoms with Crippen molar-refractivity contribution in [1.29, 1.82) is 0 Å². The first-order valence-corrected chi connectivity index (χ1v) is 10.5. The van der Waals surface area contributed by atoms with Crippen LogP contribution >= 0.6 is 0 Å². The van der Waals surface area contributed by atoms with Gasteiger partial charge in [0.1, 0.15) is 0 Å². The molecule has 2 aliphatic heterocycles. The number of hydrogen-bond donors (Lipinski definition) is 1. The minimum atomic E-state index is -0.288. The number of amides is 1. The van der Waals surface area contributed by atoms with Crippen LogP contribution in [0.25, 0.3) is 5.52 Å². The molecular weight excluding hydrogens is 383 g/mol. The zero-order valence-corrected chi connectivity index (χ0v) is 16.7. The van der Waals surface area contributed by atoms with Crippen LogP contribution in [-0.4, -0.2) is 63.7 Å². The van der Waals surface area contributed by atoms with Crippen molar-refractivity contribution in [1.82, 2.24) is 24.8 Å². The Bertz CT molecular complexity index is 1040. The number of carbonyl (C=O) groups is 1. The van der Waals surface area contributed by atoms with E-state index >= 15 is 0 Å². The van der Waals surface area contributed by atoms with E-state index in [2.05, 4.69) is 26.4 Å². The van der Waals surface area contributed by atoms with Gasteiger partial charge in [0.05, 0.1) is 23.9 Å². The molecule has 156 valence electrons. The zero-order chi connectivity index (χ0) is 20.5. The Morgan fingerprint density at radius 1 is 1.17 bits per heavy atom. The molecule has 0 spiro atoms. The Kier molecular flexibility index (Phi) is 5.08. The van der Waals surface area contributed by atoms with E-state index in [1.807, 2.05) is 27.7 Å². The molecule has 2 bridgehead atoms. The summed E-state index contributed by atoms with van der Waals surface area (Å²) < 4.78 is 16.1. The van der Waals surface area contributed by atoms with Crippen LogP contribution in [0.3, 0.4) is 0 Å². The Morgan fingerprint density at radius 3 is 2.80 bits per heavy atom. The number of fused-ring (bicyclic) bond motifs is 3. The van der Waals surface area contributed by atoms with Crippen molar-refractivity contribution in [2.75, 3.05) is 31.1 Å². The summed E-state index contributed by atoms with van der Waals surface area (Å²) in [5.74, 6) is -0.173. The molecule has 2 aliphatic rings. The summed E-state index contributed by atoms with van der Waals surface area (Å²) in [6.45, 7) is 2.35. The number of hydrogen-bond acceptors (Lipinski definition) is 5. The molecule has 2 atom stereocenters. The first-order valence-electron chi connectivity index (χ1n) is 10.5. The summed E-state index contributed by atoms with van der Waals surface area (Å²) in [6, 6.07) is 8.16. The van der Waals surface area contributed by atoms with Crippen LogP contribution in [0.1, 0.15) is 18.4 Å². The number of anilines is 1. The second kappa shape index (κ2) is 8.02. The average molecular weight is 408 g/mol. The van der Waals surface area contributed by atoms with E-state index < -0.39 is 0 Å². The maximum Gasteiger partial charge on any atom is 0.236 e. The van der Waals surface area contributed by atoms with Crippen LogP contribution in [0.4, 0.5) is 10.1 Å². The van der Waals surface area contributed by atoms with Crippen molar-refractivity contribution in [3.8, 4) is 0 Å². The molecule has 30 heavy (non-hydrogen) atoms. The molecule has 5 rings (SSSR count). The van der Waals surface area contributed by atoms with E-state index in [1.54, 1.807) is 18.5 Å². The topological polar surface area (TPSA) is 65.8 Å². The van der Waals surface area contributed by atoms with Gasteiger partial charge in [-0.2, -0.15) is 5.10 Å². The van der Waals surface area contributed by atoms with E-state index in [0.29, 0.717) is 25.3 Å². The molecule has 3 aromatic rings. The standard InChI is InChI=1S/C22H25FN6O/c23-19-12-24-9-6-21(19)29-17-3-4-18(29)15-27(14-17)22(30)13-25-8-5-16-2-1-11-28-20(16)7-10-26-28/h1-2,6-7,9-12,17-18,25H,3-5,8,13-15H2. The summed E-state index contributed by atoms with van der Waals surface area (Å²) in [6.07, 6.45) is 9.43. The molecule has 0 saturated carbocycles. The van der Waals surface area contributed by atoms with Gasteiger partial charge < -0.3 is 15.1 Å². The van der Waals surface area contributed by atoms with Gasteiger partial charge in [0.15, 0.2) is 5.82 Å². The normalized spacial score (nSPS) is 20.8. The Balaban J connectivity index is 1.15. The lowest BCUT2D eigenvalue weighted by molar-refractivity contribution is -0.131. The van der Waals surface area contributed by atoms with Gasteiger partial charge in [0.2, 0.25) is 5.91 Å². The molecule has 7 nitrogen and oxygen atoms in total. The van der Waals surface area contributed by atoms with Crippen molar-refractivity contribution in [2.45, 2.75) is 31.3 Å². The molecule has 0 radical (unpaired) electrons. The second-order valence-corrected chi connectivity index (χ2v) is 8.04. The maximum absolute atomic E-state index is 14.2. The molecule has 2 saturated heterocycles. The van der Waals surface area contributed by atoms with Crippen LogP contribution in [0.15, 0.2) is 49.1 Å². The smallest absolute Gasteiger partial charge is 0.236 e. The molecule has 1 N–H and O–H groups in total. The lowest BCUT2D eigenvalue weighted by Crippen LogP contribution is -2.57. The fourth-order valence-electron chi connectivity index (χ4n) is 4.83. The fourth-order valence-corrected chi connectivity index (χ4v) is 4.83. The minimum absolute atomic E-state index is 0.115. The van der Waals surface area contributed by atoms with Gasteiger partial charge in [-0.25, -0.2) is 8.91 Å². The van der Waals surface area contributed by atoms with E-state index in [9.17, 15) is 9.18 Å². The second-order valence-electron chi connectivity index (χ2n) is 8.04. The predicted octanol–water partition coefficient (Wildman–Crippen LogP) is 1.88. The lowest BCUT2D eigenvalue weighted by Gasteiger charge is -2.42. The van der Waals surface area contributed by atoms with Crippen LogP contribution < -0.4 is 10.2 Å². The molecule has 1 amide bonds. The zero-order valence-electron chi connectivity index (χ0n) is 16.7. The third kappa shape index (κ3) is 3.52. The summed E-state index contributed by atoms with van der Waals surface area (Å²) in [4.78, 5) is 20.7. The molecule has 2 unspecified atom stereocenters. The highest BCUT2D eigenvalue weighted by Crippen LogP contribution is 2.35. The van der Waals surface area contributed by atoms with E-state index in [-0.39, 0.29) is 23.8 Å². The largest absolute Gasteiger partial charge is 0.360 e. The van der Waals surface area contributed by atoms with E-state index in [4.69, 9.17) is 0 Å². The summed E-state index contributed by atoms with van der Waals surface area (Å²) >= 11 is 0. The summed E-state index contributed by atoms with van der Waals surface area (Å²) in [7, 11) is 0. The Hall–Kier alpha value is -3.00. The van der Waals surface area contributed by atoms with Gasteiger partial charge in [-0.05, 0) is 49.6 Å². The average Bonchev–Trinajstić information content (AvgIpc) is 3.33. The molecular formula is C22H25FN6O. The number of nitrogens with zero attached hydrogens (tertiary/aromatic N) is 5. The van der Waals surface area contributed by atoms with Gasteiger partial charge in [-0.3, -0.25) is 9.78 Å². The molecule has 5 heterocycles. The number of carbonyl (C=O) groups excluding carboxylic acids is 1. The molecule has 0 aliphatic carbocycles. The molecule has 0 aromatic carbocycles. The van der Waals surface area contributed by atoms with Gasteiger partial charge in [0, 0.05) is 43.8 Å². The van der Waals surface area contributed by atoms with Crippen molar-refractivity contribution in [3.63, 3.8) is 0 Å². The first-order chi connectivity index (χ1) is 14.7. The summed E-state index contributed by atoms with van der Waals surface area (Å²) in [5, 5.41) is 7.54. The van der Waals surface area contributed by atoms with Crippen molar-refractivity contribution < 1.29 is 9.18 Å². The highest BCUT2D eigenvalue weighted by molar-refractivity contribution is 5.79. The summed E-state index contributed by atoms with van der Waals surface area (Å²) in [5.41, 5.74) is 2.92. The van der Waals surface area contributed by atoms with E-state index in [0.717, 1.165) is 31.3 Å². The van der Waals surface area contributed by atoms with Gasteiger partial charge in [-0.1, -0.05) is 6.07 Å².